The summed E-state index contributed by atoms with van der Waals surface area (Å²) in [7, 11) is 0. The highest BCUT2D eigenvalue weighted by Crippen LogP contribution is 2.37. The molecular formula is C13H16BrNO. The van der Waals surface area contributed by atoms with Crippen molar-refractivity contribution in [1.29, 1.82) is 0 Å². The van der Waals surface area contributed by atoms with Gasteiger partial charge in [-0.2, -0.15) is 0 Å². The maximum Gasteiger partial charge on any atom is 0.221 e. The third kappa shape index (κ3) is 1.88. The molecule has 0 bridgehead atoms. The summed E-state index contributed by atoms with van der Waals surface area (Å²) < 4.78 is 1.07. The zero-order valence-corrected chi connectivity index (χ0v) is 11.2. The van der Waals surface area contributed by atoms with Crippen LogP contribution in [-0.4, -0.2) is 11.9 Å². The van der Waals surface area contributed by atoms with E-state index in [-0.39, 0.29) is 17.4 Å². The van der Waals surface area contributed by atoms with Gasteiger partial charge in [0.15, 0.2) is 0 Å². The molecule has 1 aromatic carbocycles. The van der Waals surface area contributed by atoms with Crippen molar-refractivity contribution in [1.82, 2.24) is 5.32 Å². The van der Waals surface area contributed by atoms with Gasteiger partial charge in [0.2, 0.25) is 5.91 Å². The van der Waals surface area contributed by atoms with Gasteiger partial charge >= 0.3 is 0 Å². The van der Waals surface area contributed by atoms with Crippen LogP contribution in [0.4, 0.5) is 0 Å². The molecule has 1 aliphatic heterocycles. The molecule has 2 atom stereocenters. The van der Waals surface area contributed by atoms with Gasteiger partial charge in [-0.3, -0.25) is 4.79 Å². The van der Waals surface area contributed by atoms with Crippen LogP contribution in [0.3, 0.4) is 0 Å². The minimum absolute atomic E-state index is 0.0738. The SMILES string of the molecule is CCC1NC(=O)CC1(C)c1cccc(Br)c1. The van der Waals surface area contributed by atoms with E-state index in [9.17, 15) is 4.79 Å². The van der Waals surface area contributed by atoms with Crippen molar-refractivity contribution in [3.05, 3.63) is 34.3 Å². The Hall–Kier alpha value is -0.830. The van der Waals surface area contributed by atoms with Crippen LogP contribution in [0.25, 0.3) is 0 Å². The zero-order valence-electron chi connectivity index (χ0n) is 9.59. The van der Waals surface area contributed by atoms with Crippen LogP contribution < -0.4 is 5.32 Å². The minimum Gasteiger partial charge on any atom is -0.352 e. The molecule has 0 aliphatic carbocycles. The second kappa shape index (κ2) is 4.21. The molecule has 2 rings (SSSR count). The van der Waals surface area contributed by atoms with E-state index in [1.807, 2.05) is 12.1 Å². The molecule has 2 nitrogen and oxygen atoms in total. The van der Waals surface area contributed by atoms with E-state index in [1.165, 1.54) is 5.56 Å². The maximum absolute atomic E-state index is 11.6. The van der Waals surface area contributed by atoms with Crippen LogP contribution in [0, 0.1) is 0 Å². The quantitative estimate of drug-likeness (QED) is 0.887. The summed E-state index contributed by atoms with van der Waals surface area (Å²) in [5.74, 6) is 0.161. The first kappa shape index (κ1) is 11.6. The molecule has 1 saturated heterocycles. The van der Waals surface area contributed by atoms with Crippen molar-refractivity contribution in [2.24, 2.45) is 0 Å². The Kier molecular flexibility index (Phi) is 3.06. The summed E-state index contributed by atoms with van der Waals surface area (Å²) in [6.07, 6.45) is 1.55. The second-order valence-corrected chi connectivity index (χ2v) is 5.55. The molecule has 3 heteroatoms. The van der Waals surface area contributed by atoms with E-state index < -0.39 is 0 Å². The van der Waals surface area contributed by atoms with Gasteiger partial charge in [0.1, 0.15) is 0 Å². The highest BCUT2D eigenvalue weighted by Gasteiger charge is 2.43. The Bertz CT molecular complexity index is 418. The Balaban J connectivity index is 2.41. The third-order valence-corrected chi connectivity index (χ3v) is 4.02. The number of benzene rings is 1. The number of carbonyl (C=O) groups excluding carboxylic acids is 1. The number of amides is 1. The van der Waals surface area contributed by atoms with Crippen molar-refractivity contribution in [3.63, 3.8) is 0 Å². The van der Waals surface area contributed by atoms with Crippen molar-refractivity contribution < 1.29 is 4.79 Å². The first-order chi connectivity index (χ1) is 7.56. The summed E-state index contributed by atoms with van der Waals surface area (Å²) in [6.45, 7) is 4.29. The monoisotopic (exact) mass is 281 g/mol. The molecule has 1 aromatic rings. The molecule has 1 amide bonds. The predicted octanol–water partition coefficient (Wildman–Crippen LogP) is 3.01. The fourth-order valence-corrected chi connectivity index (χ4v) is 2.96. The van der Waals surface area contributed by atoms with Crippen LogP contribution in [0.2, 0.25) is 0 Å². The highest BCUT2D eigenvalue weighted by atomic mass is 79.9. The van der Waals surface area contributed by atoms with E-state index in [2.05, 4.69) is 47.2 Å². The average Bonchev–Trinajstić information content (AvgIpc) is 2.55. The van der Waals surface area contributed by atoms with Crippen LogP contribution >= 0.6 is 15.9 Å². The van der Waals surface area contributed by atoms with Crippen LogP contribution in [0.1, 0.15) is 32.3 Å². The summed E-state index contributed by atoms with van der Waals surface area (Å²) in [4.78, 5) is 11.6. The average molecular weight is 282 g/mol. The number of nitrogens with one attached hydrogen (secondary N) is 1. The summed E-state index contributed by atoms with van der Waals surface area (Å²) in [5, 5.41) is 3.06. The van der Waals surface area contributed by atoms with E-state index in [4.69, 9.17) is 0 Å². The van der Waals surface area contributed by atoms with Crippen LogP contribution in [0.5, 0.6) is 0 Å². The van der Waals surface area contributed by atoms with Crippen molar-refractivity contribution in [2.45, 2.75) is 38.1 Å². The van der Waals surface area contributed by atoms with Gasteiger partial charge in [0, 0.05) is 22.4 Å². The van der Waals surface area contributed by atoms with Crippen LogP contribution in [-0.2, 0) is 10.2 Å². The van der Waals surface area contributed by atoms with Crippen LogP contribution in [0.15, 0.2) is 28.7 Å². The molecule has 1 fully saturated rings. The molecule has 86 valence electrons. The molecule has 0 radical (unpaired) electrons. The van der Waals surface area contributed by atoms with Crippen molar-refractivity contribution >= 4 is 21.8 Å². The molecule has 0 saturated carbocycles. The second-order valence-electron chi connectivity index (χ2n) is 4.63. The van der Waals surface area contributed by atoms with E-state index >= 15 is 0 Å². The van der Waals surface area contributed by atoms with Crippen molar-refractivity contribution in [2.75, 3.05) is 0 Å². The number of hydrogen-bond donors (Lipinski definition) is 1. The standard InChI is InChI=1S/C13H16BrNO/c1-3-11-13(2,8-12(16)15-11)9-5-4-6-10(14)7-9/h4-7,11H,3,8H2,1-2H3,(H,15,16). The maximum atomic E-state index is 11.6. The molecule has 1 N–H and O–H groups in total. The molecule has 16 heavy (non-hydrogen) atoms. The summed E-state index contributed by atoms with van der Waals surface area (Å²) >= 11 is 3.49. The number of hydrogen-bond acceptors (Lipinski definition) is 1. The van der Waals surface area contributed by atoms with Gasteiger partial charge in [-0.1, -0.05) is 41.9 Å². The lowest BCUT2D eigenvalue weighted by molar-refractivity contribution is -0.119. The third-order valence-electron chi connectivity index (χ3n) is 3.52. The number of rotatable bonds is 2. The molecule has 0 aromatic heterocycles. The Morgan fingerprint density at radius 3 is 2.94 bits per heavy atom. The van der Waals surface area contributed by atoms with Gasteiger partial charge < -0.3 is 5.32 Å². The number of halogens is 1. The normalized spacial score (nSPS) is 29.2. The molecule has 1 aliphatic rings. The van der Waals surface area contributed by atoms with Gasteiger partial charge in [-0.15, -0.1) is 0 Å². The first-order valence-electron chi connectivity index (χ1n) is 5.61. The fourth-order valence-electron chi connectivity index (χ4n) is 2.56. The fraction of sp³-hybridized carbons (Fsp3) is 0.462. The minimum atomic E-state index is -0.0738. The van der Waals surface area contributed by atoms with E-state index in [0.717, 1.165) is 10.9 Å². The smallest absolute Gasteiger partial charge is 0.221 e. The highest BCUT2D eigenvalue weighted by molar-refractivity contribution is 9.10. The van der Waals surface area contributed by atoms with E-state index in [1.54, 1.807) is 0 Å². The van der Waals surface area contributed by atoms with Crippen molar-refractivity contribution in [3.8, 4) is 0 Å². The molecule has 0 spiro atoms. The van der Waals surface area contributed by atoms with Gasteiger partial charge in [0.25, 0.3) is 0 Å². The summed E-state index contributed by atoms with van der Waals surface area (Å²) in [6, 6.07) is 8.50. The lowest BCUT2D eigenvalue weighted by atomic mass is 9.75. The Morgan fingerprint density at radius 2 is 2.31 bits per heavy atom. The van der Waals surface area contributed by atoms with E-state index in [0.29, 0.717) is 6.42 Å². The Labute approximate surface area is 105 Å². The topological polar surface area (TPSA) is 29.1 Å². The lowest BCUT2D eigenvalue weighted by Crippen LogP contribution is -2.37. The number of carbonyl (C=O) groups is 1. The Morgan fingerprint density at radius 1 is 1.56 bits per heavy atom. The summed E-state index contributed by atoms with van der Waals surface area (Å²) in [5.41, 5.74) is 1.15. The predicted molar refractivity (Wildman–Crippen MR) is 68.3 cm³/mol. The zero-order chi connectivity index (χ0) is 11.8. The molecule has 2 unspecified atom stereocenters. The van der Waals surface area contributed by atoms with Gasteiger partial charge in [-0.05, 0) is 24.1 Å². The lowest BCUT2D eigenvalue weighted by Gasteiger charge is -2.30. The largest absolute Gasteiger partial charge is 0.352 e. The van der Waals surface area contributed by atoms with Gasteiger partial charge in [0.05, 0.1) is 0 Å². The molecular weight excluding hydrogens is 266 g/mol. The first-order valence-corrected chi connectivity index (χ1v) is 6.41. The molecule has 1 heterocycles. The van der Waals surface area contributed by atoms with Gasteiger partial charge in [-0.25, -0.2) is 0 Å².